The molecule has 4 rings (SSSR count). The van der Waals surface area contributed by atoms with Crippen molar-refractivity contribution in [2.75, 3.05) is 5.32 Å². The molecule has 0 saturated heterocycles. The van der Waals surface area contributed by atoms with E-state index in [0.29, 0.717) is 22.6 Å². The van der Waals surface area contributed by atoms with E-state index in [2.05, 4.69) is 17.2 Å². The first-order chi connectivity index (χ1) is 13.8. The van der Waals surface area contributed by atoms with Crippen molar-refractivity contribution in [2.24, 2.45) is 5.92 Å². The van der Waals surface area contributed by atoms with Gasteiger partial charge in [0, 0.05) is 16.1 Å². The molecule has 1 aliphatic carbocycles. The maximum absolute atomic E-state index is 13.2. The van der Waals surface area contributed by atoms with Gasteiger partial charge < -0.3 is 5.32 Å². The molecule has 6 nitrogen and oxygen atoms in total. The highest BCUT2D eigenvalue weighted by Crippen LogP contribution is 2.35. The van der Waals surface area contributed by atoms with Crippen molar-refractivity contribution in [3.05, 3.63) is 57.0 Å². The highest BCUT2D eigenvalue weighted by atomic mass is 32.1. The molecule has 2 atom stereocenters. The zero-order chi connectivity index (χ0) is 20.7. The zero-order valence-corrected chi connectivity index (χ0v) is 17.5. The third-order valence-electron chi connectivity index (χ3n) is 5.57. The van der Waals surface area contributed by atoms with E-state index in [4.69, 9.17) is 0 Å². The maximum Gasteiger partial charge on any atom is 0.263 e. The molecule has 2 unspecified atom stereocenters. The molecule has 1 amide bonds. The quantitative estimate of drug-likeness (QED) is 0.661. The molecule has 0 bridgehead atoms. The van der Waals surface area contributed by atoms with E-state index in [1.54, 1.807) is 42.5 Å². The lowest BCUT2D eigenvalue weighted by Crippen LogP contribution is -2.32. The number of ketones is 1. The van der Waals surface area contributed by atoms with E-state index in [1.807, 2.05) is 0 Å². The maximum atomic E-state index is 13.2. The summed E-state index contributed by atoms with van der Waals surface area (Å²) in [7, 11) is 0. The summed E-state index contributed by atoms with van der Waals surface area (Å²) in [6, 6.07) is 6.05. The first kappa shape index (κ1) is 19.5. The number of hydrogen-bond donors (Lipinski definition) is 1. The summed E-state index contributed by atoms with van der Waals surface area (Å²) in [5, 5.41) is 3.46. The summed E-state index contributed by atoms with van der Waals surface area (Å²) in [5.74, 6) is 0.219. The molecule has 3 aromatic rings. The topological polar surface area (TPSA) is 81.1 Å². The Hall–Kier alpha value is -2.80. The van der Waals surface area contributed by atoms with Gasteiger partial charge in [-0.25, -0.2) is 4.98 Å². The minimum absolute atomic E-state index is 0.0726. The van der Waals surface area contributed by atoms with Crippen LogP contribution in [-0.2, 0) is 17.6 Å². The lowest BCUT2D eigenvalue weighted by molar-refractivity contribution is -0.118. The number of fused-ring (bicyclic) bond motifs is 3. The van der Waals surface area contributed by atoms with E-state index >= 15 is 0 Å². The largest absolute Gasteiger partial charge is 0.324 e. The first-order valence-corrected chi connectivity index (χ1v) is 10.6. The Balaban J connectivity index is 1.65. The van der Waals surface area contributed by atoms with Crippen LogP contribution in [0, 0.1) is 5.92 Å². The van der Waals surface area contributed by atoms with Crippen molar-refractivity contribution in [3.63, 3.8) is 0 Å². The van der Waals surface area contributed by atoms with Crippen LogP contribution in [0.4, 0.5) is 5.69 Å². The highest BCUT2D eigenvalue weighted by Gasteiger charge is 2.25. The number of carbonyl (C=O) groups is 2. The average molecular weight is 410 g/mol. The van der Waals surface area contributed by atoms with Gasteiger partial charge in [0.25, 0.3) is 5.56 Å². The molecule has 1 aliphatic rings. The van der Waals surface area contributed by atoms with Crippen LogP contribution in [0.3, 0.4) is 0 Å². The van der Waals surface area contributed by atoms with Crippen LogP contribution in [0.2, 0.25) is 0 Å². The van der Waals surface area contributed by atoms with E-state index in [-0.39, 0.29) is 17.2 Å². The monoisotopic (exact) mass is 409 g/mol. The Morgan fingerprint density at radius 2 is 2.14 bits per heavy atom. The Morgan fingerprint density at radius 3 is 2.90 bits per heavy atom. The van der Waals surface area contributed by atoms with Crippen molar-refractivity contribution >= 4 is 38.9 Å². The van der Waals surface area contributed by atoms with E-state index in [1.165, 1.54) is 22.7 Å². The molecule has 0 radical (unpaired) electrons. The van der Waals surface area contributed by atoms with Crippen LogP contribution < -0.4 is 10.9 Å². The Bertz CT molecular complexity index is 1180. The number of anilines is 1. The number of amides is 1. The van der Waals surface area contributed by atoms with Crippen LogP contribution in [0.1, 0.15) is 54.0 Å². The third kappa shape index (κ3) is 3.62. The van der Waals surface area contributed by atoms with Gasteiger partial charge >= 0.3 is 0 Å². The number of thiophene rings is 1. The fourth-order valence-electron chi connectivity index (χ4n) is 3.81. The summed E-state index contributed by atoms with van der Waals surface area (Å²) in [6.45, 7) is 5.39. The minimum atomic E-state index is -0.724. The number of benzene rings is 1. The van der Waals surface area contributed by atoms with Gasteiger partial charge in [-0.15, -0.1) is 11.3 Å². The summed E-state index contributed by atoms with van der Waals surface area (Å²) in [4.78, 5) is 44.0. The average Bonchev–Trinajstić information content (AvgIpc) is 3.06. The molecule has 29 heavy (non-hydrogen) atoms. The van der Waals surface area contributed by atoms with Gasteiger partial charge in [0.15, 0.2) is 5.78 Å². The molecule has 2 heterocycles. The normalized spacial score (nSPS) is 17.0. The van der Waals surface area contributed by atoms with Crippen molar-refractivity contribution in [3.8, 4) is 0 Å². The Labute approximate surface area is 172 Å². The van der Waals surface area contributed by atoms with Gasteiger partial charge in [-0.1, -0.05) is 19.1 Å². The number of nitrogens with zero attached hydrogens (tertiary/aromatic N) is 2. The van der Waals surface area contributed by atoms with E-state index in [0.717, 1.165) is 29.7 Å². The molecular formula is C22H23N3O3S. The van der Waals surface area contributed by atoms with Crippen LogP contribution in [0.5, 0.6) is 0 Å². The number of aryl methyl sites for hydroxylation is 1. The summed E-state index contributed by atoms with van der Waals surface area (Å²) >= 11 is 1.60. The number of aromatic nitrogens is 2. The second-order valence-corrected chi connectivity index (χ2v) is 8.87. The first-order valence-electron chi connectivity index (χ1n) is 9.78. The van der Waals surface area contributed by atoms with Crippen molar-refractivity contribution < 1.29 is 9.59 Å². The van der Waals surface area contributed by atoms with Crippen molar-refractivity contribution in [2.45, 2.75) is 46.1 Å². The number of Topliss-reactive ketones (excluding diaryl/α,β-unsaturated/α-hetero) is 1. The van der Waals surface area contributed by atoms with Gasteiger partial charge in [0.05, 0.1) is 11.7 Å². The third-order valence-corrected chi connectivity index (χ3v) is 6.74. The standard InChI is InChI=1S/C22H23N3O3S/c1-12-7-8-17-18(9-12)29-21-19(17)22(28)25(11-23-21)13(2)20(27)24-16-6-4-5-15(10-16)14(3)26/h4-6,10-13H,7-9H2,1-3H3,(H,24,27). The second kappa shape index (κ2) is 7.55. The molecule has 1 N–H and O–H groups in total. The van der Waals surface area contributed by atoms with Crippen LogP contribution in [0.15, 0.2) is 35.4 Å². The predicted octanol–water partition coefficient (Wildman–Crippen LogP) is 3.99. The molecule has 2 aromatic heterocycles. The van der Waals surface area contributed by atoms with Crippen LogP contribution in [0.25, 0.3) is 10.2 Å². The lowest BCUT2D eigenvalue weighted by atomic mass is 9.89. The molecule has 150 valence electrons. The SMILES string of the molecule is CC(=O)c1cccc(NC(=O)C(C)n2cnc3sc4c(c3c2=O)CCC(C)C4)c1. The molecule has 0 aliphatic heterocycles. The molecule has 0 fully saturated rings. The van der Waals surface area contributed by atoms with E-state index in [9.17, 15) is 14.4 Å². The second-order valence-electron chi connectivity index (χ2n) is 7.79. The van der Waals surface area contributed by atoms with Gasteiger partial charge in [0.1, 0.15) is 10.9 Å². The Kier molecular flexibility index (Phi) is 5.08. The summed E-state index contributed by atoms with van der Waals surface area (Å²) < 4.78 is 1.40. The van der Waals surface area contributed by atoms with Gasteiger partial charge in [-0.3, -0.25) is 19.0 Å². The fourth-order valence-corrected chi connectivity index (χ4v) is 5.15. The number of carbonyl (C=O) groups excluding carboxylic acids is 2. The summed E-state index contributed by atoms with van der Waals surface area (Å²) in [5.41, 5.74) is 1.99. The molecule has 7 heteroatoms. The predicted molar refractivity (Wildman–Crippen MR) is 115 cm³/mol. The molecule has 0 spiro atoms. The smallest absolute Gasteiger partial charge is 0.263 e. The molecular weight excluding hydrogens is 386 g/mol. The number of hydrogen-bond acceptors (Lipinski definition) is 5. The van der Waals surface area contributed by atoms with Crippen molar-refractivity contribution in [1.82, 2.24) is 9.55 Å². The number of rotatable bonds is 4. The number of nitrogens with one attached hydrogen (secondary N) is 1. The summed E-state index contributed by atoms with van der Waals surface area (Å²) in [6.07, 6.45) is 4.40. The molecule has 0 saturated carbocycles. The zero-order valence-electron chi connectivity index (χ0n) is 16.7. The van der Waals surface area contributed by atoms with Gasteiger partial charge in [0.2, 0.25) is 5.91 Å². The van der Waals surface area contributed by atoms with Crippen LogP contribution >= 0.6 is 11.3 Å². The van der Waals surface area contributed by atoms with E-state index < -0.39 is 6.04 Å². The van der Waals surface area contributed by atoms with Crippen LogP contribution in [-0.4, -0.2) is 21.2 Å². The lowest BCUT2D eigenvalue weighted by Gasteiger charge is -2.18. The molecule has 1 aromatic carbocycles. The van der Waals surface area contributed by atoms with Gasteiger partial charge in [-0.2, -0.15) is 0 Å². The van der Waals surface area contributed by atoms with Crippen molar-refractivity contribution in [1.29, 1.82) is 0 Å². The Morgan fingerprint density at radius 1 is 1.34 bits per heavy atom. The van der Waals surface area contributed by atoms with Gasteiger partial charge in [-0.05, 0) is 56.7 Å². The minimum Gasteiger partial charge on any atom is -0.324 e. The highest BCUT2D eigenvalue weighted by molar-refractivity contribution is 7.18. The fraction of sp³-hybridized carbons (Fsp3) is 0.364.